The Morgan fingerprint density at radius 2 is 2.00 bits per heavy atom. The summed E-state index contributed by atoms with van der Waals surface area (Å²) in [5, 5.41) is 0. The van der Waals surface area contributed by atoms with E-state index < -0.39 is 31.6 Å². The summed E-state index contributed by atoms with van der Waals surface area (Å²) in [5.41, 5.74) is 0. The topological polar surface area (TPSA) is 0 Å². The van der Waals surface area contributed by atoms with E-state index in [4.69, 9.17) is 0 Å². The van der Waals surface area contributed by atoms with Gasteiger partial charge in [0.2, 0.25) is 0 Å². The van der Waals surface area contributed by atoms with Crippen molar-refractivity contribution < 1.29 is 30.0 Å². The van der Waals surface area contributed by atoms with Crippen molar-refractivity contribution in [1.29, 1.82) is 0 Å². The molecule has 1 aliphatic heterocycles. The van der Waals surface area contributed by atoms with Crippen LogP contribution in [0.4, 0.5) is 8.78 Å². The molecule has 0 amide bonds. The summed E-state index contributed by atoms with van der Waals surface area (Å²) >= 11 is -0.430. The second kappa shape index (κ2) is 2.94. The first kappa shape index (κ1) is 6.71. The van der Waals surface area contributed by atoms with Crippen LogP contribution in [0.5, 0.6) is 0 Å². The van der Waals surface area contributed by atoms with Crippen LogP contribution >= 0.6 is 0 Å². The van der Waals surface area contributed by atoms with Crippen molar-refractivity contribution in [1.82, 2.24) is 0 Å². The molecule has 1 heterocycles. The van der Waals surface area contributed by atoms with Gasteiger partial charge < -0.3 is 0 Å². The molecular weight excluding hydrogens is 225 g/mol. The van der Waals surface area contributed by atoms with Crippen molar-refractivity contribution in [2.24, 2.45) is 0 Å². The summed E-state index contributed by atoms with van der Waals surface area (Å²) in [6, 6.07) is 0. The van der Waals surface area contributed by atoms with Crippen molar-refractivity contribution >= 4 is 0 Å². The van der Waals surface area contributed by atoms with Gasteiger partial charge in [0.15, 0.2) is 0 Å². The van der Waals surface area contributed by atoms with E-state index in [-0.39, 0.29) is 0 Å². The quantitative estimate of drug-likeness (QED) is 0.353. The van der Waals surface area contributed by atoms with Crippen LogP contribution in [0, 0.1) is 0 Å². The molecule has 0 radical (unpaired) electrons. The molecule has 1 saturated heterocycles. The van der Waals surface area contributed by atoms with E-state index in [1.54, 1.807) is 0 Å². The van der Waals surface area contributed by atoms with E-state index in [0.29, 0.717) is 17.3 Å². The number of halogens is 3. The molecule has 0 bridgehead atoms. The molecule has 1 fully saturated rings. The second-order valence-corrected chi connectivity index (χ2v) is 4.99. The molecule has 1 rings (SSSR count). The monoisotopic (exact) mass is 233 g/mol. The van der Waals surface area contributed by atoms with Crippen molar-refractivity contribution in [2.75, 3.05) is 4.43 Å². The van der Waals surface area contributed by atoms with E-state index in [2.05, 4.69) is 0 Å². The van der Waals surface area contributed by atoms with Gasteiger partial charge in [0.05, 0.1) is 0 Å². The number of alkyl halides is 4. The zero-order valence-electron chi connectivity index (χ0n) is 4.41. The number of hydrogen-bond donors (Lipinski definition) is 0. The van der Waals surface area contributed by atoms with Crippen molar-refractivity contribution in [3.63, 3.8) is 0 Å². The van der Waals surface area contributed by atoms with Gasteiger partial charge >= 0.3 is 57.6 Å². The van der Waals surface area contributed by atoms with E-state index in [1.165, 1.54) is 0 Å². The summed E-state index contributed by atoms with van der Waals surface area (Å²) < 4.78 is 24.4. The third-order valence-corrected chi connectivity index (χ3v) is 4.16. The molecule has 2 atom stereocenters. The molecule has 3 heteroatoms. The van der Waals surface area contributed by atoms with Crippen molar-refractivity contribution in [3.05, 3.63) is 0 Å². The first-order valence-electron chi connectivity index (χ1n) is 2.65. The average molecular weight is 233 g/mol. The molecule has 0 nitrogen and oxygen atoms in total. The van der Waals surface area contributed by atoms with Crippen LogP contribution in [0.2, 0.25) is 0 Å². The second-order valence-electron chi connectivity index (χ2n) is 1.87. The summed E-state index contributed by atoms with van der Waals surface area (Å²) in [5.74, 6) is 0. The van der Waals surface area contributed by atoms with Gasteiger partial charge in [-0.3, -0.25) is 0 Å². The van der Waals surface area contributed by atoms with Crippen LogP contribution in [0.1, 0.15) is 12.8 Å². The van der Waals surface area contributed by atoms with Crippen molar-refractivity contribution in [3.8, 4) is 0 Å². The normalized spacial score (nSPS) is 40.8. The first-order valence-corrected chi connectivity index (χ1v) is 5.42. The van der Waals surface area contributed by atoms with E-state index in [1.807, 2.05) is 0 Å². The minimum atomic E-state index is -0.671. The molecule has 0 aromatic heterocycles. The fraction of sp³-hybridized carbons (Fsp3) is 1.00. The third kappa shape index (κ3) is 1.84. The molecule has 0 saturated carbocycles. The van der Waals surface area contributed by atoms with E-state index in [9.17, 15) is 8.78 Å². The maximum absolute atomic E-state index is 12.2. The Morgan fingerprint density at radius 1 is 1.25 bits per heavy atom. The number of rotatable bonds is 0. The van der Waals surface area contributed by atoms with Gasteiger partial charge in [-0.25, -0.2) is 0 Å². The summed E-state index contributed by atoms with van der Waals surface area (Å²) in [4.78, 5) is 0. The Balaban J connectivity index is 2.19. The van der Waals surface area contributed by atoms with Crippen LogP contribution < -0.4 is 21.2 Å². The van der Waals surface area contributed by atoms with Gasteiger partial charge in [0.1, 0.15) is 0 Å². The minimum absolute atomic E-state index is 0.430. The molecule has 0 aromatic rings. The zero-order chi connectivity index (χ0) is 5.98. The third-order valence-electron chi connectivity index (χ3n) is 1.12. The molecule has 50 valence electrons. The fourth-order valence-electron chi connectivity index (χ4n) is 0.654. The summed E-state index contributed by atoms with van der Waals surface area (Å²) in [6.07, 6.45) is 0.268. The van der Waals surface area contributed by atoms with Crippen molar-refractivity contribution in [2.45, 2.75) is 23.2 Å². The molecular formula is C5H8F2I-. The molecule has 0 aromatic carbocycles. The van der Waals surface area contributed by atoms with Gasteiger partial charge in [-0.15, -0.1) is 0 Å². The van der Waals surface area contributed by atoms with Crippen LogP contribution in [0.25, 0.3) is 0 Å². The van der Waals surface area contributed by atoms with Gasteiger partial charge in [-0.1, -0.05) is 0 Å². The van der Waals surface area contributed by atoms with E-state index >= 15 is 0 Å². The predicted octanol–water partition coefficient (Wildman–Crippen LogP) is -1.50. The molecule has 0 aliphatic carbocycles. The molecule has 0 spiro atoms. The fourth-order valence-corrected chi connectivity index (χ4v) is 3.00. The van der Waals surface area contributed by atoms with Gasteiger partial charge in [0.25, 0.3) is 0 Å². The zero-order valence-corrected chi connectivity index (χ0v) is 6.57. The van der Waals surface area contributed by atoms with Gasteiger partial charge in [0, 0.05) is 0 Å². The van der Waals surface area contributed by atoms with E-state index in [0.717, 1.165) is 0 Å². The summed E-state index contributed by atoms with van der Waals surface area (Å²) in [6.45, 7) is 0. The Morgan fingerprint density at radius 3 is 2.38 bits per heavy atom. The van der Waals surface area contributed by atoms with Crippen LogP contribution in [0.15, 0.2) is 0 Å². The number of hydrogen-bond acceptors (Lipinski definition) is 0. The predicted molar refractivity (Wildman–Crippen MR) is 23.9 cm³/mol. The van der Waals surface area contributed by atoms with Crippen LogP contribution in [-0.2, 0) is 0 Å². The average Bonchev–Trinajstić information content (AvgIpc) is 1.77. The molecule has 8 heavy (non-hydrogen) atoms. The Labute approximate surface area is 57.9 Å². The Hall–Kier alpha value is 0.590. The van der Waals surface area contributed by atoms with Crippen LogP contribution in [0.3, 0.4) is 0 Å². The summed E-state index contributed by atoms with van der Waals surface area (Å²) in [7, 11) is 0. The first-order chi connectivity index (χ1) is 3.79. The Bertz CT molecular complexity index is 58.8. The standard InChI is InChI=1S/C5H8F2I/c6-4-1-2-5(7)8-3-4/h4-5H,1-3H2/q-1. The Kier molecular flexibility index (Phi) is 2.46. The van der Waals surface area contributed by atoms with Gasteiger partial charge in [-0.05, 0) is 0 Å². The SMILES string of the molecule is FC1CCC(F)[I-]C1. The maximum atomic E-state index is 12.2. The van der Waals surface area contributed by atoms with Gasteiger partial charge in [-0.2, -0.15) is 0 Å². The molecule has 0 N–H and O–H groups in total. The molecule has 2 unspecified atom stereocenters. The van der Waals surface area contributed by atoms with Crippen LogP contribution in [-0.4, -0.2) is 14.8 Å². The molecule has 1 aliphatic rings.